The monoisotopic (exact) mass is 496 g/mol. The van der Waals surface area contributed by atoms with Gasteiger partial charge in [-0.3, -0.25) is 14.9 Å². The maximum absolute atomic E-state index is 12.7. The van der Waals surface area contributed by atoms with Gasteiger partial charge in [0, 0.05) is 6.54 Å². The molecule has 0 saturated carbocycles. The molecule has 1 aromatic rings. The zero-order valence-corrected chi connectivity index (χ0v) is 19.8. The second-order valence-corrected chi connectivity index (χ2v) is 8.45. The minimum atomic E-state index is -4.54. The maximum Gasteiger partial charge on any atom is 0.475 e. The van der Waals surface area contributed by atoms with Crippen molar-refractivity contribution >= 4 is 18.9 Å². The summed E-state index contributed by atoms with van der Waals surface area (Å²) in [5.41, 5.74) is 0.695. The van der Waals surface area contributed by atoms with E-state index in [4.69, 9.17) is 5.26 Å². The van der Waals surface area contributed by atoms with Gasteiger partial charge in [0.05, 0.1) is 18.5 Å². The lowest BCUT2D eigenvalue weighted by atomic mass is 9.75. The number of halogens is 3. The minimum absolute atomic E-state index is 0.0116. The van der Waals surface area contributed by atoms with Crippen LogP contribution in [0.1, 0.15) is 38.7 Å². The summed E-state index contributed by atoms with van der Waals surface area (Å²) in [6.45, 7) is 2.43. The first kappa shape index (κ1) is 30.2. The number of hydrogen-bond acceptors (Lipinski definition) is 6. The number of nitriles is 1. The van der Waals surface area contributed by atoms with Gasteiger partial charge in [-0.1, -0.05) is 50.3 Å². The lowest BCUT2D eigenvalue weighted by molar-refractivity contribution is -0.132. The SMILES string of the molecule is CC(C)C=C(C#N)C(=O)NCCCC[C@H](NCC(F)(F)F)C(=O)N[C@@H](Cc1ccccc1)B(O)O. The highest BCUT2D eigenvalue weighted by Crippen LogP contribution is 2.14. The van der Waals surface area contributed by atoms with E-state index >= 15 is 0 Å². The second-order valence-electron chi connectivity index (χ2n) is 8.45. The number of unbranched alkanes of at least 4 members (excludes halogenated alkanes) is 1. The third-order valence-electron chi connectivity index (χ3n) is 4.92. The van der Waals surface area contributed by atoms with Gasteiger partial charge in [-0.05, 0) is 37.2 Å². The Bertz CT molecular complexity index is 874. The van der Waals surface area contributed by atoms with E-state index in [1.54, 1.807) is 30.3 Å². The summed E-state index contributed by atoms with van der Waals surface area (Å²) >= 11 is 0. The molecule has 35 heavy (non-hydrogen) atoms. The smallest absolute Gasteiger partial charge is 0.426 e. The Morgan fingerprint density at radius 3 is 2.37 bits per heavy atom. The number of nitrogens with zero attached hydrogens (tertiary/aromatic N) is 1. The average Bonchev–Trinajstić information content (AvgIpc) is 2.78. The summed E-state index contributed by atoms with van der Waals surface area (Å²) in [7, 11) is -1.91. The summed E-state index contributed by atoms with van der Waals surface area (Å²) in [5, 5.41) is 35.5. The first-order valence-corrected chi connectivity index (χ1v) is 11.3. The Morgan fingerprint density at radius 2 is 1.83 bits per heavy atom. The highest BCUT2D eigenvalue weighted by molar-refractivity contribution is 6.43. The largest absolute Gasteiger partial charge is 0.475 e. The highest BCUT2D eigenvalue weighted by atomic mass is 19.4. The molecule has 0 unspecified atom stereocenters. The molecule has 0 saturated heterocycles. The Labute approximate surface area is 203 Å². The third-order valence-corrected chi connectivity index (χ3v) is 4.92. The van der Waals surface area contributed by atoms with Gasteiger partial charge >= 0.3 is 13.3 Å². The Balaban J connectivity index is 2.69. The molecule has 8 nitrogen and oxygen atoms in total. The molecule has 0 aliphatic carbocycles. The number of benzene rings is 1. The normalized spacial score (nSPS) is 13.6. The Kier molecular flexibility index (Phi) is 13.1. The van der Waals surface area contributed by atoms with Crippen molar-refractivity contribution in [3.05, 3.63) is 47.5 Å². The van der Waals surface area contributed by atoms with Gasteiger partial charge in [0.2, 0.25) is 5.91 Å². The fraction of sp³-hybridized carbons (Fsp3) is 0.522. The number of alkyl halides is 3. The molecule has 192 valence electrons. The molecule has 0 fully saturated rings. The summed E-state index contributed by atoms with van der Waals surface area (Å²) in [6.07, 6.45) is -2.26. The van der Waals surface area contributed by atoms with Crippen LogP contribution in [0.15, 0.2) is 42.0 Å². The van der Waals surface area contributed by atoms with E-state index in [1.807, 2.05) is 19.9 Å². The number of carbonyl (C=O) groups excluding carboxylic acids is 2. The lowest BCUT2D eigenvalue weighted by Gasteiger charge is -2.24. The van der Waals surface area contributed by atoms with Crippen molar-refractivity contribution < 1.29 is 32.8 Å². The van der Waals surface area contributed by atoms with Crippen molar-refractivity contribution in [2.75, 3.05) is 13.1 Å². The number of carbonyl (C=O) groups is 2. The van der Waals surface area contributed by atoms with E-state index in [1.165, 1.54) is 6.08 Å². The molecule has 2 amide bonds. The number of allylic oxidation sites excluding steroid dienone is 1. The van der Waals surface area contributed by atoms with Gasteiger partial charge in [-0.2, -0.15) is 18.4 Å². The van der Waals surface area contributed by atoms with Crippen LogP contribution in [0.2, 0.25) is 0 Å². The first-order valence-electron chi connectivity index (χ1n) is 11.3. The van der Waals surface area contributed by atoms with E-state index in [2.05, 4.69) is 16.0 Å². The van der Waals surface area contributed by atoms with Crippen LogP contribution in [0.4, 0.5) is 13.2 Å². The number of nitrogens with one attached hydrogen (secondary N) is 3. The average molecular weight is 496 g/mol. The summed E-state index contributed by atoms with van der Waals surface area (Å²) in [4.78, 5) is 24.7. The molecule has 1 aromatic carbocycles. The molecule has 0 spiro atoms. The molecule has 12 heteroatoms. The Hall–Kier alpha value is -2.88. The van der Waals surface area contributed by atoms with Crippen LogP contribution in [-0.4, -0.2) is 60.2 Å². The first-order chi connectivity index (χ1) is 16.4. The molecule has 5 N–H and O–H groups in total. The van der Waals surface area contributed by atoms with E-state index in [9.17, 15) is 32.8 Å². The van der Waals surface area contributed by atoms with Crippen LogP contribution in [0.5, 0.6) is 0 Å². The van der Waals surface area contributed by atoms with Gasteiger partial charge < -0.3 is 20.7 Å². The zero-order chi connectivity index (χ0) is 26.4. The van der Waals surface area contributed by atoms with Gasteiger partial charge in [0.25, 0.3) is 5.91 Å². The van der Waals surface area contributed by atoms with Crippen molar-refractivity contribution in [2.45, 2.75) is 57.7 Å². The molecule has 1 rings (SSSR count). The molecule has 0 aliphatic heterocycles. The van der Waals surface area contributed by atoms with Crippen molar-refractivity contribution in [1.29, 1.82) is 5.26 Å². The second kappa shape index (κ2) is 15.2. The Morgan fingerprint density at radius 1 is 1.17 bits per heavy atom. The highest BCUT2D eigenvalue weighted by Gasteiger charge is 2.32. The van der Waals surface area contributed by atoms with Gasteiger partial charge in [-0.25, -0.2) is 0 Å². The maximum atomic E-state index is 12.7. The van der Waals surface area contributed by atoms with Crippen LogP contribution < -0.4 is 16.0 Å². The summed E-state index contributed by atoms with van der Waals surface area (Å²) < 4.78 is 38.2. The predicted molar refractivity (Wildman–Crippen MR) is 126 cm³/mol. The topological polar surface area (TPSA) is 134 Å². The predicted octanol–water partition coefficient (Wildman–Crippen LogP) is 1.64. The lowest BCUT2D eigenvalue weighted by Crippen LogP contribution is -2.54. The number of amides is 2. The van der Waals surface area contributed by atoms with Crippen molar-refractivity contribution in [2.24, 2.45) is 5.92 Å². The van der Waals surface area contributed by atoms with Crippen molar-refractivity contribution in [3.8, 4) is 6.07 Å². The van der Waals surface area contributed by atoms with Crippen LogP contribution in [0.3, 0.4) is 0 Å². The van der Waals surface area contributed by atoms with Crippen LogP contribution in [0.25, 0.3) is 0 Å². The third kappa shape index (κ3) is 13.0. The van der Waals surface area contributed by atoms with Crippen LogP contribution in [0, 0.1) is 17.2 Å². The van der Waals surface area contributed by atoms with Crippen molar-refractivity contribution in [1.82, 2.24) is 16.0 Å². The van der Waals surface area contributed by atoms with Gasteiger partial charge in [0.1, 0.15) is 11.6 Å². The van der Waals surface area contributed by atoms with Gasteiger partial charge in [-0.15, -0.1) is 0 Å². The standard InChI is InChI=1S/C23H32BF3N4O4/c1-16(2)12-18(14-28)21(32)29-11-7-6-10-19(30-15-23(25,26)27)22(33)31-20(24(34)35)13-17-8-4-3-5-9-17/h3-5,8-9,12,16,19-20,30,34-35H,6-7,10-11,13,15H2,1-2H3,(H,29,32)(H,31,33)/t19-,20-/m0/s1. The zero-order valence-electron chi connectivity index (χ0n) is 19.8. The minimum Gasteiger partial charge on any atom is -0.426 e. The molecule has 2 atom stereocenters. The van der Waals surface area contributed by atoms with Crippen molar-refractivity contribution in [3.63, 3.8) is 0 Å². The fourth-order valence-electron chi connectivity index (χ4n) is 3.21. The molecule has 0 bridgehead atoms. The number of rotatable bonds is 14. The molecule has 0 aliphatic rings. The van der Waals surface area contributed by atoms with E-state index < -0.39 is 43.6 Å². The molecule has 0 aromatic heterocycles. The number of hydrogen-bond donors (Lipinski definition) is 5. The van der Waals surface area contributed by atoms with Crippen LogP contribution >= 0.6 is 0 Å². The van der Waals surface area contributed by atoms with E-state index in [0.29, 0.717) is 18.4 Å². The molecule has 0 radical (unpaired) electrons. The molecule has 0 heterocycles. The van der Waals surface area contributed by atoms with Crippen LogP contribution in [-0.2, 0) is 16.0 Å². The molecular weight excluding hydrogens is 464 g/mol. The summed E-state index contributed by atoms with van der Waals surface area (Å²) in [6, 6.07) is 9.29. The van der Waals surface area contributed by atoms with Gasteiger partial charge in [0.15, 0.2) is 0 Å². The molecular formula is C23H32BF3N4O4. The van der Waals surface area contributed by atoms with E-state index in [-0.39, 0.29) is 30.9 Å². The van der Waals surface area contributed by atoms with E-state index in [0.717, 1.165) is 0 Å². The fourth-order valence-corrected chi connectivity index (χ4v) is 3.21. The quantitative estimate of drug-likeness (QED) is 0.115. The summed E-state index contributed by atoms with van der Waals surface area (Å²) in [5.74, 6) is -2.43.